The number of hydrogen-bond donors (Lipinski definition) is 1. The molecule has 1 aromatic rings. The summed E-state index contributed by atoms with van der Waals surface area (Å²) in [5, 5.41) is 20.4. The molecule has 1 N–H and O–H groups in total. The van der Waals surface area contributed by atoms with E-state index in [1.165, 1.54) is 12.1 Å². The largest absolute Gasteiger partial charge is 0.487 e. The molecular weight excluding hydrogens is 278 g/mol. The second-order valence-electron chi connectivity index (χ2n) is 4.99. The summed E-state index contributed by atoms with van der Waals surface area (Å²) in [4.78, 5) is 10.3. The van der Waals surface area contributed by atoms with Gasteiger partial charge in [-0.3, -0.25) is 10.1 Å². The van der Waals surface area contributed by atoms with E-state index >= 15 is 0 Å². The van der Waals surface area contributed by atoms with Crippen LogP contribution in [0.4, 0.5) is 5.69 Å². The third-order valence-electron chi connectivity index (χ3n) is 3.46. The zero-order valence-corrected chi connectivity index (χ0v) is 12.0. The molecule has 2 rings (SSSR count). The highest BCUT2D eigenvalue weighted by Gasteiger charge is 2.43. The van der Waals surface area contributed by atoms with Crippen LogP contribution in [0, 0.1) is 17.0 Å². The fraction of sp³-hybridized carbons (Fsp3) is 0.571. The summed E-state index contributed by atoms with van der Waals surface area (Å²) < 4.78 is 16.2. The third kappa shape index (κ3) is 3.69. The molecule has 21 heavy (non-hydrogen) atoms. The van der Waals surface area contributed by atoms with Crippen molar-refractivity contribution in [3.8, 4) is 5.75 Å². The molecule has 1 aromatic carbocycles. The van der Waals surface area contributed by atoms with Gasteiger partial charge in [0.15, 0.2) is 0 Å². The molecule has 0 saturated heterocycles. The van der Waals surface area contributed by atoms with Crippen LogP contribution in [0.5, 0.6) is 5.75 Å². The summed E-state index contributed by atoms with van der Waals surface area (Å²) in [6.07, 6.45) is -0.717. The maximum absolute atomic E-state index is 10.7. The van der Waals surface area contributed by atoms with Gasteiger partial charge in [-0.15, -0.1) is 0 Å². The van der Waals surface area contributed by atoms with Crippen molar-refractivity contribution in [3.63, 3.8) is 0 Å². The van der Waals surface area contributed by atoms with Crippen molar-refractivity contribution in [1.82, 2.24) is 0 Å². The number of aliphatic hydroxyl groups excluding tert-OH is 1. The number of nitrogens with zero attached hydrogens (tertiary/aromatic N) is 1. The number of benzene rings is 1. The Hall–Kier alpha value is -1.70. The zero-order chi connectivity index (χ0) is 15.4. The lowest BCUT2D eigenvalue weighted by Gasteiger charge is -2.41. The number of methoxy groups -OCH3 is 1. The lowest BCUT2D eigenvalue weighted by atomic mass is 9.88. The van der Waals surface area contributed by atoms with Crippen LogP contribution >= 0.6 is 0 Å². The van der Waals surface area contributed by atoms with Crippen LogP contribution in [0.3, 0.4) is 0 Å². The topological polar surface area (TPSA) is 91.1 Å². The number of rotatable bonds is 7. The summed E-state index contributed by atoms with van der Waals surface area (Å²) >= 11 is 0. The maximum Gasteiger partial charge on any atom is 0.269 e. The van der Waals surface area contributed by atoms with Crippen molar-refractivity contribution in [1.29, 1.82) is 0 Å². The zero-order valence-electron chi connectivity index (χ0n) is 12.0. The van der Waals surface area contributed by atoms with E-state index < -0.39 is 17.1 Å². The Morgan fingerprint density at radius 2 is 2.19 bits per heavy atom. The summed E-state index contributed by atoms with van der Waals surface area (Å²) in [5.74, 6) is 0.567. The van der Waals surface area contributed by atoms with Gasteiger partial charge in [-0.05, 0) is 18.6 Å². The highest BCUT2D eigenvalue weighted by molar-refractivity contribution is 5.43. The monoisotopic (exact) mass is 297 g/mol. The number of aryl methyl sites for hydroxylation is 1. The molecule has 7 nitrogen and oxygen atoms in total. The minimum absolute atomic E-state index is 0.0291. The molecular formula is C14H19NO6. The summed E-state index contributed by atoms with van der Waals surface area (Å²) in [6, 6.07) is 4.44. The normalized spacial score (nSPS) is 24.4. The van der Waals surface area contributed by atoms with Gasteiger partial charge in [-0.25, -0.2) is 0 Å². The Balaban J connectivity index is 1.96. The second kappa shape index (κ2) is 6.84. The molecule has 1 aliphatic rings. The van der Waals surface area contributed by atoms with Gasteiger partial charge in [0.1, 0.15) is 18.0 Å². The standard InChI is InChI=1S/C14H19NO6/c1-9-7-10(15(17)18)3-4-12(9)21-13-8-11(16)14(13)20-6-5-19-2/h3-4,7,11,13-14,16H,5-6,8H2,1-2H3. The number of aliphatic hydroxyl groups is 1. The van der Waals surface area contributed by atoms with Crippen molar-refractivity contribution in [2.45, 2.75) is 31.7 Å². The Bertz CT molecular complexity index is 506. The molecule has 0 bridgehead atoms. The molecule has 0 spiro atoms. The van der Waals surface area contributed by atoms with Crippen molar-refractivity contribution < 1.29 is 24.2 Å². The minimum Gasteiger partial charge on any atom is -0.487 e. The fourth-order valence-corrected chi connectivity index (χ4v) is 2.20. The molecule has 0 radical (unpaired) electrons. The van der Waals surface area contributed by atoms with Gasteiger partial charge in [-0.1, -0.05) is 0 Å². The summed E-state index contributed by atoms with van der Waals surface area (Å²) in [7, 11) is 1.58. The quantitative estimate of drug-likeness (QED) is 0.465. The molecule has 1 saturated carbocycles. The number of nitro groups is 1. The van der Waals surface area contributed by atoms with E-state index in [0.29, 0.717) is 30.9 Å². The van der Waals surface area contributed by atoms with Crippen molar-refractivity contribution in [2.75, 3.05) is 20.3 Å². The predicted octanol–water partition coefficient (Wildman–Crippen LogP) is 1.45. The van der Waals surface area contributed by atoms with E-state index in [9.17, 15) is 15.2 Å². The molecule has 0 amide bonds. The van der Waals surface area contributed by atoms with Crippen molar-refractivity contribution >= 4 is 5.69 Å². The van der Waals surface area contributed by atoms with E-state index in [-0.39, 0.29) is 11.8 Å². The number of ether oxygens (including phenoxy) is 3. The van der Waals surface area contributed by atoms with Gasteiger partial charge in [0, 0.05) is 25.7 Å². The van der Waals surface area contributed by atoms with Gasteiger partial charge in [0.2, 0.25) is 0 Å². The molecule has 1 aliphatic carbocycles. The van der Waals surface area contributed by atoms with Gasteiger partial charge < -0.3 is 19.3 Å². The Labute approximate surface area is 122 Å². The van der Waals surface area contributed by atoms with Crippen LogP contribution < -0.4 is 4.74 Å². The number of hydrogen-bond acceptors (Lipinski definition) is 6. The van der Waals surface area contributed by atoms with Crippen LogP contribution in [-0.2, 0) is 9.47 Å². The lowest BCUT2D eigenvalue weighted by molar-refractivity contribution is -0.384. The average Bonchev–Trinajstić information content (AvgIpc) is 2.44. The van der Waals surface area contributed by atoms with Crippen molar-refractivity contribution in [2.24, 2.45) is 0 Å². The predicted molar refractivity (Wildman–Crippen MR) is 74.5 cm³/mol. The lowest BCUT2D eigenvalue weighted by Crippen LogP contribution is -2.55. The second-order valence-corrected chi connectivity index (χ2v) is 4.99. The molecule has 3 unspecified atom stereocenters. The van der Waals surface area contributed by atoms with E-state index in [2.05, 4.69) is 0 Å². The SMILES string of the molecule is COCCOC1C(O)CC1Oc1ccc([N+](=O)[O-])cc1C. The molecule has 0 aromatic heterocycles. The van der Waals surface area contributed by atoms with E-state index in [1.807, 2.05) is 0 Å². The average molecular weight is 297 g/mol. The maximum atomic E-state index is 10.7. The Morgan fingerprint density at radius 1 is 1.43 bits per heavy atom. The Morgan fingerprint density at radius 3 is 2.76 bits per heavy atom. The molecule has 0 heterocycles. The van der Waals surface area contributed by atoms with Crippen LogP contribution in [0.1, 0.15) is 12.0 Å². The minimum atomic E-state index is -0.551. The third-order valence-corrected chi connectivity index (χ3v) is 3.46. The first-order valence-corrected chi connectivity index (χ1v) is 6.73. The van der Waals surface area contributed by atoms with E-state index in [4.69, 9.17) is 14.2 Å². The van der Waals surface area contributed by atoms with E-state index in [0.717, 1.165) is 0 Å². The first kappa shape index (κ1) is 15.7. The molecule has 7 heteroatoms. The van der Waals surface area contributed by atoms with Crippen molar-refractivity contribution in [3.05, 3.63) is 33.9 Å². The van der Waals surface area contributed by atoms with Crippen LogP contribution in [-0.4, -0.2) is 48.7 Å². The highest BCUT2D eigenvalue weighted by atomic mass is 16.6. The summed E-state index contributed by atoms with van der Waals surface area (Å²) in [6.45, 7) is 2.59. The van der Waals surface area contributed by atoms with Gasteiger partial charge in [0.25, 0.3) is 5.69 Å². The molecule has 3 atom stereocenters. The van der Waals surface area contributed by atoms with Crippen LogP contribution in [0.2, 0.25) is 0 Å². The number of non-ortho nitro benzene ring substituents is 1. The van der Waals surface area contributed by atoms with Crippen LogP contribution in [0.15, 0.2) is 18.2 Å². The number of nitro benzene ring substituents is 1. The molecule has 0 aliphatic heterocycles. The van der Waals surface area contributed by atoms with E-state index in [1.54, 1.807) is 20.1 Å². The van der Waals surface area contributed by atoms with Gasteiger partial charge in [-0.2, -0.15) is 0 Å². The highest BCUT2D eigenvalue weighted by Crippen LogP contribution is 2.31. The molecule has 116 valence electrons. The van der Waals surface area contributed by atoms with Gasteiger partial charge in [0.05, 0.1) is 24.2 Å². The first-order chi connectivity index (χ1) is 10.0. The first-order valence-electron chi connectivity index (χ1n) is 6.73. The molecule has 1 fully saturated rings. The summed E-state index contributed by atoms with van der Waals surface area (Å²) in [5.41, 5.74) is 0.711. The fourth-order valence-electron chi connectivity index (χ4n) is 2.20. The van der Waals surface area contributed by atoms with Crippen LogP contribution in [0.25, 0.3) is 0 Å². The van der Waals surface area contributed by atoms with Gasteiger partial charge >= 0.3 is 0 Å². The Kier molecular flexibility index (Phi) is 5.11. The smallest absolute Gasteiger partial charge is 0.269 e.